The molecule has 1 N–H and O–H groups in total. The van der Waals surface area contributed by atoms with Crippen molar-refractivity contribution in [1.29, 1.82) is 0 Å². The van der Waals surface area contributed by atoms with Crippen molar-refractivity contribution in [3.05, 3.63) is 41.6 Å². The summed E-state index contributed by atoms with van der Waals surface area (Å²) in [5, 5.41) is 6.46. The van der Waals surface area contributed by atoms with Crippen LogP contribution in [-0.4, -0.2) is 36.9 Å². The molecule has 9 heteroatoms. The first-order valence-electron chi connectivity index (χ1n) is 6.89. The van der Waals surface area contributed by atoms with Crippen LogP contribution in [0.2, 0.25) is 5.02 Å². The molecule has 0 aliphatic rings. The van der Waals surface area contributed by atoms with Crippen molar-refractivity contribution in [3.63, 3.8) is 0 Å². The second-order valence-electron chi connectivity index (χ2n) is 4.73. The number of halogens is 1. The van der Waals surface area contributed by atoms with Gasteiger partial charge in [0.2, 0.25) is 15.9 Å². The SMILES string of the molecule is CCCN(CC(=O)Nc1ccon1)S(=O)(=O)c1ccc(Cl)cc1. The fourth-order valence-corrected chi connectivity index (χ4v) is 3.52. The quantitative estimate of drug-likeness (QED) is 0.821. The maximum Gasteiger partial charge on any atom is 0.243 e. The van der Waals surface area contributed by atoms with Crippen LogP contribution < -0.4 is 5.32 Å². The Bertz CT molecular complexity index is 745. The highest BCUT2D eigenvalue weighted by Gasteiger charge is 2.26. The van der Waals surface area contributed by atoms with E-state index in [1.54, 1.807) is 0 Å². The van der Waals surface area contributed by atoms with Gasteiger partial charge in [-0.25, -0.2) is 8.42 Å². The Hall–Kier alpha value is -1.90. The number of hydrogen-bond acceptors (Lipinski definition) is 5. The van der Waals surface area contributed by atoms with Gasteiger partial charge in [-0.15, -0.1) is 0 Å². The summed E-state index contributed by atoms with van der Waals surface area (Å²) < 4.78 is 31.0. The second kappa shape index (κ2) is 7.58. The topological polar surface area (TPSA) is 92.5 Å². The van der Waals surface area contributed by atoms with Crippen LogP contribution in [-0.2, 0) is 14.8 Å². The number of nitrogens with one attached hydrogen (secondary N) is 1. The zero-order chi connectivity index (χ0) is 16.9. The van der Waals surface area contributed by atoms with E-state index in [0.29, 0.717) is 11.4 Å². The Balaban J connectivity index is 2.16. The second-order valence-corrected chi connectivity index (χ2v) is 7.10. The zero-order valence-electron chi connectivity index (χ0n) is 12.4. The molecule has 23 heavy (non-hydrogen) atoms. The summed E-state index contributed by atoms with van der Waals surface area (Å²) in [4.78, 5) is 12.1. The molecule has 0 radical (unpaired) electrons. The number of sulfonamides is 1. The molecular weight excluding hydrogens is 342 g/mol. The van der Waals surface area contributed by atoms with Crippen molar-refractivity contribution in [2.75, 3.05) is 18.4 Å². The smallest absolute Gasteiger partial charge is 0.243 e. The van der Waals surface area contributed by atoms with E-state index in [9.17, 15) is 13.2 Å². The molecular formula is C14H16ClN3O4S. The summed E-state index contributed by atoms with van der Waals surface area (Å²) in [6, 6.07) is 7.28. The van der Waals surface area contributed by atoms with E-state index >= 15 is 0 Å². The number of aromatic nitrogens is 1. The van der Waals surface area contributed by atoms with Gasteiger partial charge < -0.3 is 9.84 Å². The molecule has 0 aliphatic heterocycles. The van der Waals surface area contributed by atoms with Gasteiger partial charge in [-0.05, 0) is 30.7 Å². The van der Waals surface area contributed by atoms with E-state index < -0.39 is 15.9 Å². The normalized spacial score (nSPS) is 11.6. The lowest BCUT2D eigenvalue weighted by molar-refractivity contribution is -0.116. The van der Waals surface area contributed by atoms with E-state index in [1.807, 2.05) is 6.92 Å². The predicted molar refractivity (Wildman–Crippen MR) is 85.6 cm³/mol. The van der Waals surface area contributed by atoms with E-state index in [4.69, 9.17) is 11.6 Å². The lowest BCUT2D eigenvalue weighted by atomic mass is 10.4. The predicted octanol–water partition coefficient (Wildman–Crippen LogP) is 2.37. The third kappa shape index (κ3) is 4.54. The summed E-state index contributed by atoms with van der Waals surface area (Å²) in [5.74, 6) is -0.264. The number of hydrogen-bond donors (Lipinski definition) is 1. The van der Waals surface area contributed by atoms with Gasteiger partial charge in [0, 0.05) is 17.6 Å². The van der Waals surface area contributed by atoms with Crippen molar-refractivity contribution in [2.45, 2.75) is 18.2 Å². The molecule has 0 saturated carbocycles. The molecule has 0 aliphatic carbocycles. The van der Waals surface area contributed by atoms with Crippen LogP contribution in [0, 0.1) is 0 Å². The monoisotopic (exact) mass is 357 g/mol. The van der Waals surface area contributed by atoms with Crippen LogP contribution in [0.5, 0.6) is 0 Å². The fourth-order valence-electron chi connectivity index (χ4n) is 1.91. The average Bonchev–Trinajstić information content (AvgIpc) is 3.00. The van der Waals surface area contributed by atoms with Crippen molar-refractivity contribution in [1.82, 2.24) is 9.46 Å². The number of nitrogens with zero attached hydrogens (tertiary/aromatic N) is 2. The van der Waals surface area contributed by atoms with Gasteiger partial charge in [0.15, 0.2) is 5.82 Å². The highest BCUT2D eigenvalue weighted by atomic mass is 35.5. The number of rotatable bonds is 7. The molecule has 1 aromatic heterocycles. The summed E-state index contributed by atoms with van der Waals surface area (Å²) in [6.07, 6.45) is 1.88. The molecule has 1 aromatic carbocycles. The van der Waals surface area contributed by atoms with Gasteiger partial charge in [0.05, 0.1) is 11.4 Å². The minimum absolute atomic E-state index is 0.0876. The maximum absolute atomic E-state index is 12.6. The third-order valence-electron chi connectivity index (χ3n) is 2.95. The third-order valence-corrected chi connectivity index (χ3v) is 5.06. The zero-order valence-corrected chi connectivity index (χ0v) is 14.0. The number of carbonyl (C=O) groups excluding carboxylic acids is 1. The minimum Gasteiger partial charge on any atom is -0.363 e. The first kappa shape index (κ1) is 17.5. The number of amides is 1. The molecule has 2 aromatic rings. The van der Waals surface area contributed by atoms with E-state index in [2.05, 4.69) is 15.0 Å². The Morgan fingerprint density at radius 1 is 1.30 bits per heavy atom. The molecule has 2 rings (SSSR count). The first-order chi connectivity index (χ1) is 10.9. The molecule has 1 heterocycles. The van der Waals surface area contributed by atoms with E-state index in [0.717, 1.165) is 4.31 Å². The van der Waals surface area contributed by atoms with Crippen LogP contribution in [0.1, 0.15) is 13.3 Å². The Morgan fingerprint density at radius 3 is 2.57 bits per heavy atom. The molecule has 124 valence electrons. The van der Waals surface area contributed by atoms with Crippen molar-refractivity contribution >= 4 is 33.3 Å². The van der Waals surface area contributed by atoms with Crippen molar-refractivity contribution < 1.29 is 17.7 Å². The number of benzene rings is 1. The van der Waals surface area contributed by atoms with Crippen molar-refractivity contribution in [2.24, 2.45) is 0 Å². The Kier molecular flexibility index (Phi) is 5.75. The van der Waals surface area contributed by atoms with Gasteiger partial charge in [-0.3, -0.25) is 4.79 Å². The molecule has 0 saturated heterocycles. The molecule has 7 nitrogen and oxygen atoms in total. The highest BCUT2D eigenvalue weighted by Crippen LogP contribution is 2.19. The minimum atomic E-state index is -3.78. The van der Waals surface area contributed by atoms with Crippen LogP contribution in [0.25, 0.3) is 0 Å². The maximum atomic E-state index is 12.6. The highest BCUT2D eigenvalue weighted by molar-refractivity contribution is 7.89. The van der Waals surface area contributed by atoms with Gasteiger partial charge >= 0.3 is 0 Å². The van der Waals surface area contributed by atoms with Crippen LogP contribution >= 0.6 is 11.6 Å². The number of anilines is 1. The number of carbonyl (C=O) groups is 1. The molecule has 0 atom stereocenters. The first-order valence-corrected chi connectivity index (χ1v) is 8.71. The van der Waals surface area contributed by atoms with Crippen molar-refractivity contribution in [3.8, 4) is 0 Å². The molecule has 0 bridgehead atoms. The summed E-state index contributed by atoms with van der Waals surface area (Å²) in [6.45, 7) is 1.74. The van der Waals surface area contributed by atoms with Gasteiger partial charge in [0.1, 0.15) is 6.26 Å². The largest absolute Gasteiger partial charge is 0.363 e. The lowest BCUT2D eigenvalue weighted by Gasteiger charge is -2.21. The van der Waals surface area contributed by atoms with E-state index in [1.165, 1.54) is 36.6 Å². The van der Waals surface area contributed by atoms with Gasteiger partial charge in [-0.1, -0.05) is 23.7 Å². The summed E-state index contributed by atoms with van der Waals surface area (Å²) in [7, 11) is -3.78. The lowest BCUT2D eigenvalue weighted by Crippen LogP contribution is -2.38. The molecule has 1 amide bonds. The Labute approximate surface area is 139 Å². The molecule has 0 unspecified atom stereocenters. The molecule has 0 fully saturated rings. The average molecular weight is 358 g/mol. The van der Waals surface area contributed by atoms with Crippen LogP contribution in [0.15, 0.2) is 46.0 Å². The van der Waals surface area contributed by atoms with Crippen LogP contribution in [0.3, 0.4) is 0 Å². The Morgan fingerprint density at radius 2 is 2.00 bits per heavy atom. The standard InChI is InChI=1S/C14H16ClN3O4S/c1-2-8-18(10-14(19)16-13-7-9-22-17-13)23(20,21)12-5-3-11(15)4-6-12/h3-7,9H,2,8,10H2,1H3,(H,16,17,19). The summed E-state index contributed by atoms with van der Waals surface area (Å²) >= 11 is 5.78. The van der Waals surface area contributed by atoms with Gasteiger partial charge in [-0.2, -0.15) is 4.31 Å². The molecule has 0 spiro atoms. The van der Waals surface area contributed by atoms with E-state index in [-0.39, 0.29) is 23.8 Å². The van der Waals surface area contributed by atoms with Crippen LogP contribution in [0.4, 0.5) is 5.82 Å². The summed E-state index contributed by atoms with van der Waals surface area (Å²) in [5.41, 5.74) is 0. The fraction of sp³-hybridized carbons (Fsp3) is 0.286. The van der Waals surface area contributed by atoms with Gasteiger partial charge in [0.25, 0.3) is 0 Å².